The molecular weight excluding hydrogens is 384 g/mol. The van der Waals surface area contributed by atoms with Crippen molar-refractivity contribution >= 4 is 17.2 Å². The van der Waals surface area contributed by atoms with Crippen molar-refractivity contribution in [3.63, 3.8) is 0 Å². The summed E-state index contributed by atoms with van der Waals surface area (Å²) in [6, 6.07) is 21.1. The van der Waals surface area contributed by atoms with Gasteiger partial charge in [0.25, 0.3) is 5.91 Å². The van der Waals surface area contributed by atoms with E-state index in [0.717, 1.165) is 21.8 Å². The number of rotatable bonds is 7. The Balaban J connectivity index is 1.64. The van der Waals surface area contributed by atoms with E-state index in [1.54, 1.807) is 0 Å². The Kier molecular flexibility index (Phi) is 5.72. The SMILES string of the molecule is CCOc1ccc(C(NC(=O)c2ncoc2-c2cccs2)c2ccccc2)cc1. The first kappa shape index (κ1) is 19.0. The molecule has 0 saturated heterocycles. The maximum atomic E-state index is 13.1. The molecule has 0 aliphatic carbocycles. The Bertz CT molecular complexity index is 1060. The largest absolute Gasteiger partial charge is 0.494 e. The van der Waals surface area contributed by atoms with Gasteiger partial charge in [0.2, 0.25) is 0 Å². The third-order valence-corrected chi connectivity index (χ3v) is 5.33. The predicted octanol–water partition coefficient (Wildman–Crippen LogP) is 5.32. The van der Waals surface area contributed by atoms with Crippen molar-refractivity contribution in [1.82, 2.24) is 10.3 Å². The maximum absolute atomic E-state index is 13.1. The lowest BCUT2D eigenvalue weighted by Crippen LogP contribution is -2.30. The smallest absolute Gasteiger partial charge is 0.274 e. The second-order valence-corrected chi connectivity index (χ2v) is 7.27. The fourth-order valence-corrected chi connectivity index (χ4v) is 3.83. The third kappa shape index (κ3) is 4.22. The van der Waals surface area contributed by atoms with Crippen molar-refractivity contribution in [1.29, 1.82) is 0 Å². The van der Waals surface area contributed by atoms with Gasteiger partial charge in [-0.15, -0.1) is 11.3 Å². The van der Waals surface area contributed by atoms with Gasteiger partial charge in [0.15, 0.2) is 17.8 Å². The Hall–Kier alpha value is -3.38. The van der Waals surface area contributed by atoms with Crippen LogP contribution in [0.3, 0.4) is 0 Å². The van der Waals surface area contributed by atoms with Gasteiger partial charge in [0, 0.05) is 0 Å². The van der Waals surface area contributed by atoms with Gasteiger partial charge < -0.3 is 14.5 Å². The zero-order valence-corrected chi connectivity index (χ0v) is 16.7. The first-order valence-electron chi connectivity index (χ1n) is 9.32. The Morgan fingerprint density at radius 3 is 2.52 bits per heavy atom. The standard InChI is InChI=1S/C23H20N2O3S/c1-2-27-18-12-10-17(11-13-18)20(16-7-4-3-5-8-16)25-23(26)21-22(28-15-24-21)19-9-6-14-29-19/h3-15,20H,2H2,1H3,(H,25,26). The van der Waals surface area contributed by atoms with Crippen molar-refractivity contribution in [3.8, 4) is 16.4 Å². The minimum absolute atomic E-state index is 0.277. The van der Waals surface area contributed by atoms with E-state index in [9.17, 15) is 4.79 Å². The van der Waals surface area contributed by atoms with Crippen molar-refractivity contribution in [2.24, 2.45) is 0 Å². The number of amides is 1. The van der Waals surface area contributed by atoms with Gasteiger partial charge in [0.1, 0.15) is 5.75 Å². The summed E-state index contributed by atoms with van der Waals surface area (Å²) in [5, 5.41) is 5.04. The molecule has 146 valence electrons. The summed E-state index contributed by atoms with van der Waals surface area (Å²) in [7, 11) is 0. The molecule has 0 radical (unpaired) electrons. The number of hydrogen-bond acceptors (Lipinski definition) is 5. The molecular formula is C23H20N2O3S. The summed E-state index contributed by atoms with van der Waals surface area (Å²) in [5.41, 5.74) is 2.21. The molecule has 1 amide bonds. The number of thiophene rings is 1. The Morgan fingerprint density at radius 2 is 1.83 bits per heavy atom. The summed E-state index contributed by atoms with van der Waals surface area (Å²) in [4.78, 5) is 18.1. The van der Waals surface area contributed by atoms with Crippen LogP contribution in [0.1, 0.15) is 34.6 Å². The monoisotopic (exact) mass is 404 g/mol. The number of nitrogens with one attached hydrogen (secondary N) is 1. The quantitative estimate of drug-likeness (QED) is 0.453. The maximum Gasteiger partial charge on any atom is 0.274 e. The average molecular weight is 404 g/mol. The van der Waals surface area contributed by atoms with Gasteiger partial charge in [-0.3, -0.25) is 4.79 Å². The highest BCUT2D eigenvalue weighted by Crippen LogP contribution is 2.29. The van der Waals surface area contributed by atoms with Crippen molar-refractivity contribution in [2.75, 3.05) is 6.61 Å². The molecule has 1 N–H and O–H groups in total. The second-order valence-electron chi connectivity index (χ2n) is 6.33. The number of oxazole rings is 1. The van der Waals surface area contributed by atoms with Crippen LogP contribution in [0.15, 0.2) is 82.9 Å². The highest BCUT2D eigenvalue weighted by Gasteiger charge is 2.23. The number of aromatic nitrogens is 1. The van der Waals surface area contributed by atoms with E-state index >= 15 is 0 Å². The van der Waals surface area contributed by atoms with Gasteiger partial charge in [-0.2, -0.15) is 0 Å². The predicted molar refractivity (Wildman–Crippen MR) is 113 cm³/mol. The molecule has 29 heavy (non-hydrogen) atoms. The summed E-state index contributed by atoms with van der Waals surface area (Å²) in [5.74, 6) is 0.992. The van der Waals surface area contributed by atoms with Crippen LogP contribution in [-0.4, -0.2) is 17.5 Å². The van der Waals surface area contributed by atoms with Gasteiger partial charge >= 0.3 is 0 Å². The van der Waals surface area contributed by atoms with Gasteiger partial charge in [-0.05, 0) is 41.6 Å². The minimum atomic E-state index is -0.327. The van der Waals surface area contributed by atoms with Gasteiger partial charge in [-0.25, -0.2) is 4.98 Å². The normalized spacial score (nSPS) is 11.8. The molecule has 0 aliphatic rings. The molecule has 0 fully saturated rings. The molecule has 6 heteroatoms. The number of ether oxygens (including phenoxy) is 1. The topological polar surface area (TPSA) is 64.4 Å². The summed E-state index contributed by atoms with van der Waals surface area (Å²) < 4.78 is 11.0. The molecule has 2 aromatic heterocycles. The van der Waals surface area contributed by atoms with Gasteiger partial charge in [0.05, 0.1) is 17.5 Å². The van der Waals surface area contributed by atoms with Crippen LogP contribution >= 0.6 is 11.3 Å². The number of benzene rings is 2. The molecule has 0 saturated carbocycles. The number of hydrogen-bond donors (Lipinski definition) is 1. The highest BCUT2D eigenvalue weighted by atomic mass is 32.1. The molecule has 1 atom stereocenters. The van der Waals surface area contributed by atoms with E-state index in [1.807, 2.05) is 79.0 Å². The molecule has 1 unspecified atom stereocenters. The lowest BCUT2D eigenvalue weighted by Gasteiger charge is -2.20. The van der Waals surface area contributed by atoms with Crippen molar-refractivity contribution in [2.45, 2.75) is 13.0 Å². The molecule has 0 bridgehead atoms. The van der Waals surface area contributed by atoms with Gasteiger partial charge in [-0.1, -0.05) is 48.5 Å². The molecule has 4 aromatic rings. The zero-order valence-electron chi connectivity index (χ0n) is 15.9. The first-order valence-corrected chi connectivity index (χ1v) is 10.2. The summed E-state index contributed by atoms with van der Waals surface area (Å²) in [6.45, 7) is 2.56. The lowest BCUT2D eigenvalue weighted by atomic mass is 9.98. The molecule has 0 aliphatic heterocycles. The van der Waals surface area contributed by atoms with E-state index < -0.39 is 0 Å². The van der Waals surface area contributed by atoms with E-state index in [2.05, 4.69) is 10.3 Å². The lowest BCUT2D eigenvalue weighted by molar-refractivity contribution is 0.0939. The third-order valence-electron chi connectivity index (χ3n) is 4.46. The zero-order chi connectivity index (χ0) is 20.1. The summed E-state index contributed by atoms with van der Waals surface area (Å²) >= 11 is 1.50. The minimum Gasteiger partial charge on any atom is -0.494 e. The van der Waals surface area contributed by atoms with Crippen LogP contribution in [-0.2, 0) is 0 Å². The molecule has 2 heterocycles. The van der Waals surface area contributed by atoms with E-state index in [4.69, 9.17) is 9.15 Å². The van der Waals surface area contributed by atoms with Crippen LogP contribution in [0, 0.1) is 0 Å². The van der Waals surface area contributed by atoms with E-state index in [0.29, 0.717) is 12.4 Å². The number of carbonyl (C=O) groups is 1. The van der Waals surface area contributed by atoms with Crippen molar-refractivity contribution < 1.29 is 13.9 Å². The van der Waals surface area contributed by atoms with E-state index in [1.165, 1.54) is 17.7 Å². The van der Waals surface area contributed by atoms with Crippen LogP contribution in [0.2, 0.25) is 0 Å². The Labute approximate surface area is 173 Å². The van der Waals surface area contributed by atoms with Crippen molar-refractivity contribution in [3.05, 3.63) is 95.3 Å². The molecule has 0 spiro atoms. The van der Waals surface area contributed by atoms with Crippen LogP contribution < -0.4 is 10.1 Å². The van der Waals surface area contributed by atoms with E-state index in [-0.39, 0.29) is 17.6 Å². The first-order chi connectivity index (χ1) is 14.3. The number of nitrogens with zero attached hydrogens (tertiary/aromatic N) is 1. The summed E-state index contributed by atoms with van der Waals surface area (Å²) in [6.07, 6.45) is 1.30. The molecule has 5 nitrogen and oxygen atoms in total. The van der Waals surface area contributed by atoms with Crippen LogP contribution in [0.25, 0.3) is 10.6 Å². The second kappa shape index (κ2) is 8.75. The molecule has 2 aromatic carbocycles. The fourth-order valence-electron chi connectivity index (χ4n) is 3.12. The van der Waals surface area contributed by atoms with Crippen LogP contribution in [0.5, 0.6) is 5.75 Å². The molecule has 4 rings (SSSR count). The van der Waals surface area contributed by atoms with Crippen LogP contribution in [0.4, 0.5) is 0 Å². The fraction of sp³-hybridized carbons (Fsp3) is 0.130. The highest BCUT2D eigenvalue weighted by molar-refractivity contribution is 7.13. The number of carbonyl (C=O) groups excluding carboxylic acids is 1. The average Bonchev–Trinajstić information content (AvgIpc) is 3.45. The Morgan fingerprint density at radius 1 is 1.07 bits per heavy atom.